The monoisotopic (exact) mass is 367 g/mol. The fourth-order valence-electron chi connectivity index (χ4n) is 2.98. The zero-order valence-corrected chi connectivity index (χ0v) is 15.5. The highest BCUT2D eigenvalue weighted by Gasteiger charge is 2.23. The summed E-state index contributed by atoms with van der Waals surface area (Å²) in [7, 11) is 0. The van der Waals surface area contributed by atoms with Crippen molar-refractivity contribution in [2.75, 3.05) is 23.8 Å². The van der Waals surface area contributed by atoms with Crippen molar-refractivity contribution in [3.63, 3.8) is 0 Å². The molecule has 0 radical (unpaired) electrons. The minimum atomic E-state index is -0.361. The van der Waals surface area contributed by atoms with E-state index in [1.165, 1.54) is 0 Å². The van der Waals surface area contributed by atoms with Gasteiger partial charge in [-0.1, -0.05) is 30.3 Å². The van der Waals surface area contributed by atoms with Gasteiger partial charge in [-0.15, -0.1) is 0 Å². The average molecular weight is 367 g/mol. The Morgan fingerprint density at radius 1 is 1.04 bits per heavy atom. The van der Waals surface area contributed by atoms with Crippen LogP contribution in [0.5, 0.6) is 0 Å². The Kier molecular flexibility index (Phi) is 6.44. The molecule has 1 saturated heterocycles. The highest BCUT2D eigenvalue weighted by atomic mass is 16.5. The molecule has 27 heavy (non-hydrogen) atoms. The Morgan fingerprint density at radius 3 is 2.30 bits per heavy atom. The van der Waals surface area contributed by atoms with Gasteiger partial charge in [0.2, 0.25) is 0 Å². The normalized spacial score (nSPS) is 16.0. The number of nitrogens with one attached hydrogen (secondary N) is 2. The topological polar surface area (TPSA) is 70.7 Å². The molecule has 0 aromatic heterocycles. The average Bonchev–Trinajstić information content (AvgIpc) is 3.23. The summed E-state index contributed by atoms with van der Waals surface area (Å²) in [5.41, 5.74) is 2.45. The Bertz CT molecular complexity index is 756. The lowest BCUT2D eigenvalue weighted by atomic mass is 10.2. The van der Waals surface area contributed by atoms with Crippen LogP contribution in [0, 0.1) is 0 Å². The van der Waals surface area contributed by atoms with Crippen LogP contribution in [0.4, 0.5) is 16.2 Å². The van der Waals surface area contributed by atoms with Gasteiger partial charge in [-0.2, -0.15) is 0 Å². The molecule has 2 N–H and O–H groups in total. The van der Waals surface area contributed by atoms with Crippen molar-refractivity contribution in [3.8, 4) is 0 Å². The van der Waals surface area contributed by atoms with E-state index in [0.717, 1.165) is 18.4 Å². The Labute approximate surface area is 159 Å². The first-order valence-corrected chi connectivity index (χ1v) is 9.28. The first kappa shape index (κ1) is 18.9. The number of urea groups is 1. The maximum absolute atomic E-state index is 12.5. The predicted molar refractivity (Wildman–Crippen MR) is 106 cm³/mol. The van der Waals surface area contributed by atoms with Crippen LogP contribution in [0.1, 0.15) is 25.3 Å². The first-order valence-electron chi connectivity index (χ1n) is 9.28. The molecule has 3 rings (SSSR count). The summed E-state index contributed by atoms with van der Waals surface area (Å²) in [6, 6.07) is 16.8. The molecule has 0 spiro atoms. The van der Waals surface area contributed by atoms with E-state index >= 15 is 0 Å². The quantitative estimate of drug-likeness (QED) is 0.814. The Balaban J connectivity index is 1.54. The highest BCUT2D eigenvalue weighted by Crippen LogP contribution is 2.18. The molecule has 1 fully saturated rings. The zero-order chi connectivity index (χ0) is 19.1. The molecular weight excluding hydrogens is 342 g/mol. The molecular formula is C21H25N3O3. The van der Waals surface area contributed by atoms with Crippen LogP contribution in [0.3, 0.4) is 0 Å². The minimum Gasteiger partial charge on any atom is -0.368 e. The fourth-order valence-corrected chi connectivity index (χ4v) is 2.98. The fraction of sp³-hybridized carbons (Fsp3) is 0.333. The number of carbonyl (C=O) groups is 2. The molecule has 1 aliphatic rings. The zero-order valence-electron chi connectivity index (χ0n) is 15.5. The molecule has 2 aromatic carbocycles. The van der Waals surface area contributed by atoms with Crippen LogP contribution in [0.15, 0.2) is 54.6 Å². The van der Waals surface area contributed by atoms with Crippen molar-refractivity contribution < 1.29 is 14.3 Å². The summed E-state index contributed by atoms with van der Waals surface area (Å²) >= 11 is 0. The summed E-state index contributed by atoms with van der Waals surface area (Å²) in [6.45, 7) is 3.75. The summed E-state index contributed by atoms with van der Waals surface area (Å²) in [5.74, 6) is -0.121. The first-order chi connectivity index (χ1) is 13.2. The third-order valence-corrected chi connectivity index (χ3v) is 4.51. The van der Waals surface area contributed by atoms with Crippen molar-refractivity contribution in [1.29, 1.82) is 0 Å². The molecule has 0 aliphatic carbocycles. The third-order valence-electron chi connectivity index (χ3n) is 4.51. The summed E-state index contributed by atoms with van der Waals surface area (Å²) < 4.78 is 5.38. The lowest BCUT2D eigenvalue weighted by Gasteiger charge is -2.21. The maximum atomic E-state index is 12.5. The van der Waals surface area contributed by atoms with Gasteiger partial charge in [-0.05, 0) is 49.6 Å². The maximum Gasteiger partial charge on any atom is 0.322 e. The molecule has 3 amide bonds. The summed E-state index contributed by atoms with van der Waals surface area (Å²) in [5, 5.41) is 5.74. The van der Waals surface area contributed by atoms with Gasteiger partial charge in [-0.3, -0.25) is 4.79 Å². The van der Waals surface area contributed by atoms with Crippen LogP contribution in [0.2, 0.25) is 0 Å². The number of carbonyl (C=O) groups excluding carboxylic acids is 2. The van der Waals surface area contributed by atoms with Gasteiger partial charge in [0, 0.05) is 31.1 Å². The number of hydrogen-bond donors (Lipinski definition) is 2. The smallest absolute Gasteiger partial charge is 0.322 e. The largest absolute Gasteiger partial charge is 0.368 e. The number of rotatable bonds is 6. The molecule has 2 aromatic rings. The molecule has 1 atom stereocenters. The van der Waals surface area contributed by atoms with E-state index in [-0.39, 0.29) is 18.0 Å². The number of anilines is 2. The second-order valence-electron chi connectivity index (χ2n) is 6.50. The van der Waals surface area contributed by atoms with E-state index in [4.69, 9.17) is 4.74 Å². The lowest BCUT2D eigenvalue weighted by molar-refractivity contribution is -0.124. The van der Waals surface area contributed by atoms with Gasteiger partial charge >= 0.3 is 6.03 Å². The molecule has 6 nitrogen and oxygen atoms in total. The van der Waals surface area contributed by atoms with Crippen molar-refractivity contribution in [2.24, 2.45) is 0 Å². The van der Waals surface area contributed by atoms with Gasteiger partial charge in [0.15, 0.2) is 0 Å². The van der Waals surface area contributed by atoms with E-state index in [9.17, 15) is 9.59 Å². The van der Waals surface area contributed by atoms with Crippen molar-refractivity contribution >= 4 is 23.3 Å². The molecule has 6 heteroatoms. The van der Waals surface area contributed by atoms with Gasteiger partial charge in [0.25, 0.3) is 5.91 Å². The van der Waals surface area contributed by atoms with Gasteiger partial charge < -0.3 is 20.3 Å². The van der Waals surface area contributed by atoms with Crippen LogP contribution >= 0.6 is 0 Å². The van der Waals surface area contributed by atoms with Crippen molar-refractivity contribution in [2.45, 2.75) is 32.4 Å². The number of benzene rings is 2. The Morgan fingerprint density at radius 2 is 1.70 bits per heavy atom. The van der Waals surface area contributed by atoms with E-state index in [0.29, 0.717) is 31.1 Å². The third kappa shape index (κ3) is 5.31. The van der Waals surface area contributed by atoms with E-state index in [1.54, 1.807) is 29.2 Å². The molecule has 142 valence electrons. The number of ether oxygens (including phenoxy) is 1. The van der Waals surface area contributed by atoms with Crippen LogP contribution in [0.25, 0.3) is 0 Å². The van der Waals surface area contributed by atoms with E-state index in [2.05, 4.69) is 10.6 Å². The molecule has 1 aliphatic heterocycles. The highest BCUT2D eigenvalue weighted by molar-refractivity contribution is 5.95. The van der Waals surface area contributed by atoms with Crippen molar-refractivity contribution in [1.82, 2.24) is 4.90 Å². The van der Waals surface area contributed by atoms with Crippen molar-refractivity contribution in [3.05, 3.63) is 60.2 Å². The van der Waals surface area contributed by atoms with Crippen LogP contribution in [-0.2, 0) is 16.1 Å². The number of nitrogens with zero attached hydrogens (tertiary/aromatic N) is 1. The van der Waals surface area contributed by atoms with Crippen LogP contribution in [-0.4, -0.2) is 36.1 Å². The van der Waals surface area contributed by atoms with Crippen LogP contribution < -0.4 is 10.6 Å². The molecule has 1 heterocycles. The van der Waals surface area contributed by atoms with Gasteiger partial charge in [-0.25, -0.2) is 4.79 Å². The summed E-state index contributed by atoms with van der Waals surface area (Å²) in [4.78, 5) is 26.3. The molecule has 0 bridgehead atoms. The summed E-state index contributed by atoms with van der Waals surface area (Å²) in [6.07, 6.45) is 1.31. The Hall–Kier alpha value is -2.86. The predicted octanol–water partition coefficient (Wildman–Crippen LogP) is 3.86. The van der Waals surface area contributed by atoms with E-state index < -0.39 is 0 Å². The minimum absolute atomic E-state index is 0.121. The SMILES string of the molecule is CCN(Cc1ccccc1)C(=O)Nc1ccc(NC(=O)[C@@H]2CCCO2)cc1. The lowest BCUT2D eigenvalue weighted by Crippen LogP contribution is -2.34. The van der Waals surface area contributed by atoms with Gasteiger partial charge in [0.05, 0.1) is 0 Å². The standard InChI is InChI=1S/C21H25N3O3/c1-2-24(15-16-7-4-3-5-8-16)21(26)23-18-12-10-17(11-13-18)22-20(25)19-9-6-14-27-19/h3-5,7-8,10-13,19H,2,6,9,14-15H2,1H3,(H,22,25)(H,23,26)/t19-/m0/s1. The number of amides is 3. The second-order valence-corrected chi connectivity index (χ2v) is 6.50. The second kappa shape index (κ2) is 9.19. The van der Waals surface area contributed by atoms with Gasteiger partial charge in [0.1, 0.15) is 6.10 Å². The molecule has 0 saturated carbocycles. The molecule has 0 unspecified atom stereocenters. The number of hydrogen-bond acceptors (Lipinski definition) is 3. The van der Waals surface area contributed by atoms with E-state index in [1.807, 2.05) is 37.3 Å².